The van der Waals surface area contributed by atoms with Gasteiger partial charge in [0.25, 0.3) is 0 Å². The van der Waals surface area contributed by atoms with Crippen LogP contribution in [0.2, 0.25) is 0 Å². The van der Waals surface area contributed by atoms with Gasteiger partial charge in [0.1, 0.15) is 12.2 Å². The van der Waals surface area contributed by atoms with Crippen LogP contribution in [-0.2, 0) is 26.1 Å². The van der Waals surface area contributed by atoms with Crippen molar-refractivity contribution in [1.82, 2.24) is 34.9 Å². The third-order valence-electron chi connectivity index (χ3n) is 5.53. The molecule has 0 unspecified atom stereocenters. The van der Waals surface area contributed by atoms with E-state index in [1.54, 1.807) is 19.6 Å². The molecule has 0 spiro atoms. The normalized spacial score (nSPS) is 11.5. The van der Waals surface area contributed by atoms with E-state index in [0.29, 0.717) is 6.54 Å². The Bertz CT molecular complexity index is 1160. The lowest BCUT2D eigenvalue weighted by molar-refractivity contribution is 0.632. The molecule has 2 aromatic carbocycles. The van der Waals surface area contributed by atoms with Gasteiger partial charge >= 0.3 is 0 Å². The zero-order valence-corrected chi connectivity index (χ0v) is 19.1. The number of rotatable bonds is 9. The van der Waals surface area contributed by atoms with Crippen LogP contribution in [0.4, 0.5) is 0 Å². The fraction of sp³-hybridized carbons (Fsp3) is 0.280. The van der Waals surface area contributed by atoms with E-state index in [2.05, 4.69) is 95.4 Å². The second kappa shape index (κ2) is 11.1. The molecular weight excluding hydrogens is 412 g/mol. The van der Waals surface area contributed by atoms with E-state index in [4.69, 9.17) is 0 Å². The van der Waals surface area contributed by atoms with Gasteiger partial charge in [0, 0.05) is 52.0 Å². The van der Waals surface area contributed by atoms with Crippen LogP contribution in [0.1, 0.15) is 23.9 Å². The maximum absolute atomic E-state index is 4.36. The first-order valence-electron chi connectivity index (χ1n) is 11.2. The first-order chi connectivity index (χ1) is 16.3. The van der Waals surface area contributed by atoms with E-state index in [0.717, 1.165) is 37.8 Å². The second-order valence-electron chi connectivity index (χ2n) is 7.74. The zero-order chi connectivity index (χ0) is 22.9. The number of hydrogen-bond donors (Lipinski definition) is 2. The van der Waals surface area contributed by atoms with E-state index < -0.39 is 0 Å². The summed E-state index contributed by atoms with van der Waals surface area (Å²) in [5, 5.41) is 14.9. The van der Waals surface area contributed by atoms with Crippen LogP contribution < -0.4 is 10.6 Å². The van der Waals surface area contributed by atoms with Crippen molar-refractivity contribution in [2.75, 3.05) is 13.6 Å². The molecule has 0 saturated heterocycles. The molecule has 4 rings (SSSR count). The minimum atomic E-state index is 0.680. The van der Waals surface area contributed by atoms with Crippen molar-refractivity contribution in [3.05, 3.63) is 90.5 Å². The van der Waals surface area contributed by atoms with Crippen LogP contribution in [0.3, 0.4) is 0 Å². The maximum atomic E-state index is 4.36. The molecule has 0 radical (unpaired) electrons. The van der Waals surface area contributed by atoms with Gasteiger partial charge < -0.3 is 19.8 Å². The summed E-state index contributed by atoms with van der Waals surface area (Å²) in [6.07, 6.45) is 8.26. The van der Waals surface area contributed by atoms with Crippen molar-refractivity contribution in [3.8, 4) is 11.1 Å². The number of nitrogens with zero attached hydrogens (tertiary/aromatic N) is 6. The van der Waals surface area contributed by atoms with Gasteiger partial charge in [-0.25, -0.2) is 4.98 Å². The molecular formula is C25H30N8. The average molecular weight is 443 g/mol. The summed E-state index contributed by atoms with van der Waals surface area (Å²) in [5.74, 6) is 1.76. The van der Waals surface area contributed by atoms with Crippen molar-refractivity contribution >= 4 is 5.96 Å². The summed E-state index contributed by atoms with van der Waals surface area (Å²) in [6, 6.07) is 17.2. The molecule has 0 aliphatic carbocycles. The summed E-state index contributed by atoms with van der Waals surface area (Å²) < 4.78 is 4.13. The third-order valence-corrected chi connectivity index (χ3v) is 5.53. The molecule has 0 bridgehead atoms. The number of aryl methyl sites for hydroxylation is 1. The van der Waals surface area contributed by atoms with Crippen LogP contribution in [0.5, 0.6) is 0 Å². The Labute approximate surface area is 194 Å². The molecule has 2 N–H and O–H groups in total. The fourth-order valence-corrected chi connectivity index (χ4v) is 3.77. The molecule has 2 aromatic heterocycles. The molecule has 0 saturated carbocycles. The molecule has 8 heteroatoms. The molecule has 2 heterocycles. The summed E-state index contributed by atoms with van der Waals surface area (Å²) in [4.78, 5) is 8.47. The first kappa shape index (κ1) is 22.3. The molecule has 8 nitrogen and oxygen atoms in total. The number of guanidine groups is 1. The van der Waals surface area contributed by atoms with Crippen molar-refractivity contribution in [2.45, 2.75) is 33.0 Å². The first-order valence-corrected chi connectivity index (χ1v) is 11.2. The summed E-state index contributed by atoms with van der Waals surface area (Å²) in [5.41, 5.74) is 4.88. The molecule has 33 heavy (non-hydrogen) atoms. The lowest BCUT2D eigenvalue weighted by Crippen LogP contribution is -2.38. The van der Waals surface area contributed by atoms with E-state index in [9.17, 15) is 0 Å². The Balaban J connectivity index is 1.35. The monoisotopic (exact) mass is 442 g/mol. The molecule has 0 amide bonds. The highest BCUT2D eigenvalue weighted by Crippen LogP contribution is 2.24. The van der Waals surface area contributed by atoms with Gasteiger partial charge in [0.15, 0.2) is 5.96 Å². The highest BCUT2D eigenvalue weighted by Gasteiger charge is 2.07. The quantitative estimate of drug-likeness (QED) is 0.307. The van der Waals surface area contributed by atoms with Gasteiger partial charge in [0.05, 0.1) is 6.33 Å². The summed E-state index contributed by atoms with van der Waals surface area (Å²) in [6.45, 7) is 5.11. The Morgan fingerprint density at radius 1 is 1.03 bits per heavy atom. The van der Waals surface area contributed by atoms with Crippen molar-refractivity contribution in [3.63, 3.8) is 0 Å². The van der Waals surface area contributed by atoms with E-state index in [-0.39, 0.29) is 0 Å². The highest BCUT2D eigenvalue weighted by atomic mass is 15.3. The fourth-order valence-electron chi connectivity index (χ4n) is 3.77. The zero-order valence-electron chi connectivity index (χ0n) is 19.1. The third kappa shape index (κ3) is 5.85. The van der Waals surface area contributed by atoms with Crippen LogP contribution in [0.15, 0.2) is 78.6 Å². The average Bonchev–Trinajstić information content (AvgIpc) is 3.54. The minimum Gasteiger partial charge on any atom is -0.355 e. The number of benzene rings is 2. The van der Waals surface area contributed by atoms with E-state index in [1.165, 1.54) is 22.3 Å². The Morgan fingerprint density at radius 2 is 1.88 bits per heavy atom. The lowest BCUT2D eigenvalue weighted by atomic mass is 9.98. The molecule has 0 atom stereocenters. The number of aliphatic imine (C=N–C) groups is 1. The minimum absolute atomic E-state index is 0.680. The van der Waals surface area contributed by atoms with Gasteiger partial charge in [-0.2, -0.15) is 0 Å². The predicted octanol–water partition coefficient (Wildman–Crippen LogP) is 3.12. The van der Waals surface area contributed by atoms with Crippen molar-refractivity contribution < 1.29 is 0 Å². The Hall–Kier alpha value is -3.94. The smallest absolute Gasteiger partial charge is 0.191 e. The largest absolute Gasteiger partial charge is 0.355 e. The van der Waals surface area contributed by atoms with Crippen LogP contribution >= 0.6 is 0 Å². The number of nitrogens with one attached hydrogen (secondary N) is 2. The summed E-state index contributed by atoms with van der Waals surface area (Å²) >= 11 is 0. The molecule has 0 fully saturated rings. The SMILES string of the molecule is CCc1nncn1CCNC(=NC)NCc1ccccc1-c1ccc(Cn2ccnc2)cc1. The van der Waals surface area contributed by atoms with E-state index >= 15 is 0 Å². The molecule has 4 aromatic rings. The van der Waals surface area contributed by atoms with Crippen molar-refractivity contribution in [2.24, 2.45) is 4.99 Å². The topological polar surface area (TPSA) is 85.0 Å². The highest BCUT2D eigenvalue weighted by molar-refractivity contribution is 5.80. The van der Waals surface area contributed by atoms with Gasteiger partial charge in [-0.15, -0.1) is 10.2 Å². The number of aromatic nitrogens is 5. The Morgan fingerprint density at radius 3 is 2.64 bits per heavy atom. The van der Waals surface area contributed by atoms with Gasteiger partial charge in [-0.1, -0.05) is 55.5 Å². The van der Waals surface area contributed by atoms with E-state index in [1.807, 2.05) is 12.5 Å². The van der Waals surface area contributed by atoms with Gasteiger partial charge in [-0.05, 0) is 22.3 Å². The van der Waals surface area contributed by atoms with Gasteiger partial charge in [0.2, 0.25) is 0 Å². The lowest BCUT2D eigenvalue weighted by Gasteiger charge is -2.15. The molecule has 170 valence electrons. The molecule has 0 aliphatic heterocycles. The van der Waals surface area contributed by atoms with Gasteiger partial charge in [-0.3, -0.25) is 4.99 Å². The van der Waals surface area contributed by atoms with Crippen LogP contribution in [-0.4, -0.2) is 43.9 Å². The second-order valence-corrected chi connectivity index (χ2v) is 7.74. The number of hydrogen-bond acceptors (Lipinski definition) is 4. The van der Waals surface area contributed by atoms with Crippen molar-refractivity contribution in [1.29, 1.82) is 0 Å². The van der Waals surface area contributed by atoms with Crippen LogP contribution in [0, 0.1) is 0 Å². The maximum Gasteiger partial charge on any atom is 0.191 e. The van der Waals surface area contributed by atoms with Crippen LogP contribution in [0.25, 0.3) is 11.1 Å². The Kier molecular flexibility index (Phi) is 7.48. The number of imidazole rings is 1. The standard InChI is InChI=1S/C25H30N8/c1-3-24-31-30-19-33(24)15-13-28-25(26-2)29-16-22-6-4-5-7-23(22)21-10-8-20(9-11-21)17-32-14-12-27-18-32/h4-12,14,18-19H,3,13,15-17H2,1-2H3,(H2,26,28,29). The predicted molar refractivity (Wildman–Crippen MR) is 131 cm³/mol. The summed E-state index contributed by atoms with van der Waals surface area (Å²) in [7, 11) is 1.79. The molecule has 0 aliphatic rings.